The van der Waals surface area contributed by atoms with E-state index < -0.39 is 22.0 Å². The lowest BCUT2D eigenvalue weighted by Gasteiger charge is -2.17. The number of ether oxygens (including phenoxy) is 1. The van der Waals surface area contributed by atoms with E-state index in [4.69, 9.17) is 21.6 Å². The summed E-state index contributed by atoms with van der Waals surface area (Å²) in [5.41, 5.74) is 1.06. The molecule has 0 aliphatic heterocycles. The summed E-state index contributed by atoms with van der Waals surface area (Å²) in [6.07, 6.45) is 0.110. The third kappa shape index (κ3) is 5.03. The Morgan fingerprint density at radius 2 is 1.80 bits per heavy atom. The molecule has 130 valence electrons. The molecule has 8 heteroatoms. The van der Waals surface area contributed by atoms with Gasteiger partial charge >= 0.3 is 5.97 Å². The summed E-state index contributed by atoms with van der Waals surface area (Å²) in [5, 5.41) is 9.32. The minimum atomic E-state index is -3.95. The van der Waals surface area contributed by atoms with Gasteiger partial charge in [0, 0.05) is 5.02 Å². The molecule has 2 aromatic rings. The van der Waals surface area contributed by atoms with Crippen molar-refractivity contribution in [2.75, 3.05) is 7.11 Å². The van der Waals surface area contributed by atoms with Crippen LogP contribution in [0.4, 0.5) is 0 Å². The highest BCUT2D eigenvalue weighted by atomic mass is 35.5. The molecule has 0 fully saturated rings. The van der Waals surface area contributed by atoms with Gasteiger partial charge in [0.15, 0.2) is 0 Å². The number of carbonyl (C=O) groups is 1. The van der Waals surface area contributed by atoms with E-state index in [1.54, 1.807) is 24.3 Å². The summed E-state index contributed by atoms with van der Waals surface area (Å²) in [6.45, 7) is 0. The smallest absolute Gasteiger partial charge is 0.324 e. The zero-order valence-corrected chi connectivity index (χ0v) is 14.8. The van der Waals surface area contributed by atoms with Crippen molar-refractivity contribution in [1.29, 1.82) is 5.26 Å². The molecule has 25 heavy (non-hydrogen) atoms. The van der Waals surface area contributed by atoms with Crippen molar-refractivity contribution >= 4 is 27.6 Å². The van der Waals surface area contributed by atoms with E-state index >= 15 is 0 Å². The molecule has 2 aromatic carbocycles. The number of benzene rings is 2. The Morgan fingerprint density at radius 3 is 2.32 bits per heavy atom. The Labute approximate surface area is 151 Å². The van der Waals surface area contributed by atoms with Gasteiger partial charge in [0.05, 0.1) is 23.6 Å². The molecule has 0 aliphatic rings. The van der Waals surface area contributed by atoms with Crippen LogP contribution in [0.3, 0.4) is 0 Å². The lowest BCUT2D eigenvalue weighted by Crippen LogP contribution is -2.42. The second-order valence-corrected chi connectivity index (χ2v) is 7.31. The van der Waals surface area contributed by atoms with E-state index in [0.29, 0.717) is 10.6 Å². The van der Waals surface area contributed by atoms with Crippen molar-refractivity contribution in [2.24, 2.45) is 0 Å². The highest BCUT2D eigenvalue weighted by Gasteiger charge is 2.26. The van der Waals surface area contributed by atoms with Crippen LogP contribution < -0.4 is 4.72 Å². The van der Waals surface area contributed by atoms with Crippen LogP contribution in [-0.4, -0.2) is 27.5 Å². The van der Waals surface area contributed by atoms with Crippen molar-refractivity contribution in [2.45, 2.75) is 17.4 Å². The zero-order chi connectivity index (χ0) is 18.4. The maximum Gasteiger partial charge on any atom is 0.324 e. The SMILES string of the molecule is COC(=O)C(Cc1ccc(Cl)cc1)NS(=O)(=O)c1ccc(C#N)cc1. The van der Waals surface area contributed by atoms with Gasteiger partial charge in [0.2, 0.25) is 10.0 Å². The van der Waals surface area contributed by atoms with Crippen LogP contribution in [0, 0.1) is 11.3 Å². The zero-order valence-electron chi connectivity index (χ0n) is 13.3. The second-order valence-electron chi connectivity index (χ2n) is 5.16. The average Bonchev–Trinajstić information content (AvgIpc) is 2.62. The molecule has 0 saturated carbocycles. The molecule has 0 aliphatic carbocycles. The van der Waals surface area contributed by atoms with Crippen LogP contribution in [-0.2, 0) is 26.0 Å². The maximum atomic E-state index is 12.5. The van der Waals surface area contributed by atoms with Gasteiger partial charge in [-0.25, -0.2) is 8.42 Å². The monoisotopic (exact) mass is 378 g/mol. The molecule has 1 atom stereocenters. The first kappa shape index (κ1) is 18.9. The number of hydrogen-bond donors (Lipinski definition) is 1. The Morgan fingerprint density at radius 1 is 1.20 bits per heavy atom. The molecular weight excluding hydrogens is 364 g/mol. The van der Waals surface area contributed by atoms with Gasteiger partial charge in [0.25, 0.3) is 0 Å². The van der Waals surface area contributed by atoms with Crippen molar-refractivity contribution in [3.8, 4) is 6.07 Å². The van der Waals surface area contributed by atoms with E-state index in [-0.39, 0.29) is 11.3 Å². The fourth-order valence-electron chi connectivity index (χ4n) is 2.14. The predicted molar refractivity (Wildman–Crippen MR) is 92.4 cm³/mol. The fraction of sp³-hybridized carbons (Fsp3) is 0.176. The van der Waals surface area contributed by atoms with Crippen LogP contribution in [0.25, 0.3) is 0 Å². The third-order valence-corrected chi connectivity index (χ3v) is 5.17. The number of sulfonamides is 1. The van der Waals surface area contributed by atoms with E-state index in [1.165, 1.54) is 31.4 Å². The first-order valence-electron chi connectivity index (χ1n) is 7.20. The number of methoxy groups -OCH3 is 1. The van der Waals surface area contributed by atoms with Crippen LogP contribution in [0.1, 0.15) is 11.1 Å². The molecule has 0 spiro atoms. The Bertz CT molecular complexity index is 888. The number of nitriles is 1. The lowest BCUT2D eigenvalue weighted by atomic mass is 10.1. The normalized spacial score (nSPS) is 12.2. The van der Waals surface area contributed by atoms with Crippen molar-refractivity contribution in [3.05, 3.63) is 64.7 Å². The Kier molecular flexibility index (Phi) is 6.15. The van der Waals surface area contributed by atoms with E-state index in [1.807, 2.05) is 6.07 Å². The van der Waals surface area contributed by atoms with Gasteiger partial charge in [-0.1, -0.05) is 23.7 Å². The van der Waals surface area contributed by atoms with Crippen LogP contribution in [0.2, 0.25) is 5.02 Å². The molecule has 0 aromatic heterocycles. The number of nitrogens with zero attached hydrogens (tertiary/aromatic N) is 1. The summed E-state index contributed by atoms with van der Waals surface area (Å²) in [7, 11) is -2.77. The molecule has 1 N–H and O–H groups in total. The molecule has 0 heterocycles. The quantitative estimate of drug-likeness (QED) is 0.778. The number of rotatable bonds is 6. The fourth-order valence-corrected chi connectivity index (χ4v) is 3.45. The summed E-state index contributed by atoms with van der Waals surface area (Å²) in [4.78, 5) is 11.9. The number of halogens is 1. The average molecular weight is 379 g/mol. The number of hydrogen-bond acceptors (Lipinski definition) is 5. The lowest BCUT2D eigenvalue weighted by molar-refractivity contribution is -0.142. The van der Waals surface area contributed by atoms with Crippen molar-refractivity contribution in [1.82, 2.24) is 4.72 Å². The molecule has 2 rings (SSSR count). The Hall–Kier alpha value is -2.40. The van der Waals surface area contributed by atoms with Crippen LogP contribution >= 0.6 is 11.6 Å². The predicted octanol–water partition coefficient (Wildman–Crippen LogP) is 2.27. The van der Waals surface area contributed by atoms with Gasteiger partial charge in [-0.3, -0.25) is 4.79 Å². The first-order chi connectivity index (χ1) is 11.9. The van der Waals surface area contributed by atoms with Gasteiger partial charge in [-0.05, 0) is 48.4 Å². The minimum Gasteiger partial charge on any atom is -0.468 e. The first-order valence-corrected chi connectivity index (χ1v) is 9.06. The molecule has 0 radical (unpaired) electrons. The molecular formula is C17H15ClN2O4S. The standard InChI is InChI=1S/C17H15ClN2O4S/c1-24-17(21)16(10-12-2-6-14(18)7-3-12)20-25(22,23)15-8-4-13(11-19)5-9-15/h2-9,16,20H,10H2,1H3. The van der Waals surface area contributed by atoms with Gasteiger partial charge < -0.3 is 4.74 Å². The molecule has 0 amide bonds. The van der Waals surface area contributed by atoms with E-state index in [0.717, 1.165) is 5.56 Å². The minimum absolute atomic E-state index is 0.0449. The molecule has 0 bridgehead atoms. The van der Waals surface area contributed by atoms with E-state index in [2.05, 4.69) is 4.72 Å². The highest BCUT2D eigenvalue weighted by Crippen LogP contribution is 2.15. The number of nitrogens with one attached hydrogen (secondary N) is 1. The maximum absolute atomic E-state index is 12.5. The highest BCUT2D eigenvalue weighted by molar-refractivity contribution is 7.89. The summed E-state index contributed by atoms with van der Waals surface area (Å²) in [5.74, 6) is -0.702. The largest absolute Gasteiger partial charge is 0.468 e. The Balaban J connectivity index is 2.24. The molecule has 1 unspecified atom stereocenters. The number of carbonyl (C=O) groups excluding carboxylic acids is 1. The summed E-state index contributed by atoms with van der Waals surface area (Å²) >= 11 is 5.82. The summed E-state index contributed by atoms with van der Waals surface area (Å²) in [6, 6.07) is 12.9. The third-order valence-electron chi connectivity index (χ3n) is 3.43. The summed E-state index contributed by atoms with van der Waals surface area (Å²) < 4.78 is 32.0. The number of esters is 1. The second kappa shape index (κ2) is 8.12. The van der Waals surface area contributed by atoms with Gasteiger partial charge in [-0.15, -0.1) is 0 Å². The topological polar surface area (TPSA) is 96.3 Å². The van der Waals surface area contributed by atoms with Crippen LogP contribution in [0.15, 0.2) is 53.4 Å². The van der Waals surface area contributed by atoms with Gasteiger partial charge in [0.1, 0.15) is 6.04 Å². The van der Waals surface area contributed by atoms with Crippen molar-refractivity contribution < 1.29 is 17.9 Å². The van der Waals surface area contributed by atoms with Gasteiger partial charge in [-0.2, -0.15) is 9.98 Å². The van der Waals surface area contributed by atoms with E-state index in [9.17, 15) is 13.2 Å². The molecule has 6 nitrogen and oxygen atoms in total. The van der Waals surface area contributed by atoms with Crippen molar-refractivity contribution in [3.63, 3.8) is 0 Å². The van der Waals surface area contributed by atoms with Crippen LogP contribution in [0.5, 0.6) is 0 Å². The molecule has 0 saturated heterocycles.